The summed E-state index contributed by atoms with van der Waals surface area (Å²) in [5, 5.41) is 10.3. The van der Waals surface area contributed by atoms with Gasteiger partial charge in [0.1, 0.15) is 0 Å². The van der Waals surface area contributed by atoms with Crippen LogP contribution in [-0.2, 0) is 0 Å². The fourth-order valence-corrected chi connectivity index (χ4v) is 2.38. The van der Waals surface area contributed by atoms with Gasteiger partial charge in [-0.25, -0.2) is 0 Å². The van der Waals surface area contributed by atoms with Gasteiger partial charge >= 0.3 is 6.18 Å². The van der Waals surface area contributed by atoms with Gasteiger partial charge in [0.2, 0.25) is 0 Å². The van der Waals surface area contributed by atoms with Gasteiger partial charge in [0.25, 0.3) is 0 Å². The number of benzene rings is 1. The summed E-state index contributed by atoms with van der Waals surface area (Å²) >= 11 is 6.07. The number of halogens is 4. The topological polar surface area (TPSA) is 38.7 Å². The Bertz CT molecular complexity index is 491. The fourth-order valence-electron chi connectivity index (χ4n) is 2.11. The third-order valence-electron chi connectivity index (χ3n) is 3.15. The van der Waals surface area contributed by atoms with Gasteiger partial charge in [0.05, 0.1) is 24.3 Å². The Kier molecular flexibility index (Phi) is 5.22. The number of hydrogen-bond acceptors (Lipinski definition) is 3. The van der Waals surface area contributed by atoms with Crippen molar-refractivity contribution in [3.8, 4) is 11.5 Å². The second-order valence-electron chi connectivity index (χ2n) is 4.90. The molecule has 0 aromatic heterocycles. The average molecular weight is 325 g/mol. The molecule has 1 heterocycles. The molecule has 21 heavy (non-hydrogen) atoms. The van der Waals surface area contributed by atoms with Crippen molar-refractivity contribution in [3.63, 3.8) is 0 Å². The average Bonchev–Trinajstić information content (AvgIpc) is 2.62. The van der Waals surface area contributed by atoms with E-state index in [0.29, 0.717) is 41.7 Å². The first kappa shape index (κ1) is 16.2. The molecule has 1 aromatic carbocycles. The molecule has 1 N–H and O–H groups in total. The van der Waals surface area contributed by atoms with E-state index in [0.717, 1.165) is 0 Å². The van der Waals surface area contributed by atoms with Crippen LogP contribution in [0.1, 0.15) is 37.4 Å². The van der Waals surface area contributed by atoms with Gasteiger partial charge in [-0.2, -0.15) is 13.2 Å². The molecule has 7 heteroatoms. The summed E-state index contributed by atoms with van der Waals surface area (Å²) in [7, 11) is 0. The van der Waals surface area contributed by atoms with E-state index >= 15 is 0 Å². The highest BCUT2D eigenvalue weighted by atomic mass is 35.5. The summed E-state index contributed by atoms with van der Waals surface area (Å²) in [6.07, 6.45) is -5.55. The van der Waals surface area contributed by atoms with E-state index < -0.39 is 18.7 Å². The predicted octanol–water partition coefficient (Wildman–Crippen LogP) is 4.27. The van der Waals surface area contributed by atoms with Crippen LogP contribution < -0.4 is 9.47 Å². The van der Waals surface area contributed by atoms with Crippen LogP contribution in [-0.4, -0.2) is 24.5 Å². The molecule has 1 aliphatic heterocycles. The normalized spacial score (nSPS) is 16.4. The first-order valence-electron chi connectivity index (χ1n) is 6.70. The molecule has 0 amide bonds. The molecule has 118 valence electrons. The summed E-state index contributed by atoms with van der Waals surface area (Å²) in [4.78, 5) is 0. The van der Waals surface area contributed by atoms with Gasteiger partial charge in [0.15, 0.2) is 11.5 Å². The molecular formula is C14H16ClF3O3. The molecule has 0 saturated carbocycles. The molecule has 0 bridgehead atoms. The van der Waals surface area contributed by atoms with Crippen molar-refractivity contribution in [2.45, 2.75) is 38.0 Å². The highest BCUT2D eigenvalue weighted by Gasteiger charge is 2.27. The Labute approximate surface area is 125 Å². The van der Waals surface area contributed by atoms with Gasteiger partial charge < -0.3 is 14.6 Å². The first-order chi connectivity index (χ1) is 9.87. The van der Waals surface area contributed by atoms with Gasteiger partial charge in [-0.3, -0.25) is 0 Å². The Balaban J connectivity index is 2.06. The smallest absolute Gasteiger partial charge is 0.389 e. The van der Waals surface area contributed by atoms with Gasteiger partial charge in [0, 0.05) is 12.8 Å². The molecule has 3 nitrogen and oxygen atoms in total. The van der Waals surface area contributed by atoms with Crippen molar-refractivity contribution < 1.29 is 27.8 Å². The fraction of sp³-hybridized carbons (Fsp3) is 0.571. The number of hydrogen-bond donors (Lipinski definition) is 1. The van der Waals surface area contributed by atoms with E-state index in [4.69, 9.17) is 21.1 Å². The standard InChI is InChI=1S/C14H16ClF3O3/c15-10-7-9(11(19)3-1-4-14(16,17)18)8-12-13(10)21-6-2-5-20-12/h7-8,11,19H,1-6H2. The van der Waals surface area contributed by atoms with Gasteiger partial charge in [-0.1, -0.05) is 11.6 Å². The van der Waals surface area contributed by atoms with Crippen LogP contribution in [0.3, 0.4) is 0 Å². The van der Waals surface area contributed by atoms with Gasteiger partial charge in [-0.05, 0) is 30.5 Å². The monoisotopic (exact) mass is 324 g/mol. The van der Waals surface area contributed by atoms with Crippen LogP contribution in [0, 0.1) is 0 Å². The molecule has 1 atom stereocenters. The Morgan fingerprint density at radius 1 is 1.24 bits per heavy atom. The molecule has 0 saturated heterocycles. The maximum Gasteiger partial charge on any atom is 0.389 e. The first-order valence-corrected chi connectivity index (χ1v) is 7.08. The lowest BCUT2D eigenvalue weighted by Crippen LogP contribution is -2.08. The molecule has 0 fully saturated rings. The second-order valence-corrected chi connectivity index (χ2v) is 5.31. The van der Waals surface area contributed by atoms with E-state index in [1.54, 1.807) is 6.07 Å². The molecule has 0 spiro atoms. The molecule has 1 aliphatic rings. The van der Waals surface area contributed by atoms with Crippen LogP contribution in [0.4, 0.5) is 13.2 Å². The highest BCUT2D eigenvalue weighted by Crippen LogP contribution is 2.40. The van der Waals surface area contributed by atoms with E-state index in [2.05, 4.69) is 0 Å². The van der Waals surface area contributed by atoms with Crippen molar-refractivity contribution in [2.75, 3.05) is 13.2 Å². The number of ether oxygens (including phenoxy) is 2. The third kappa shape index (κ3) is 4.68. The minimum Gasteiger partial charge on any atom is -0.489 e. The Morgan fingerprint density at radius 3 is 2.67 bits per heavy atom. The number of rotatable bonds is 4. The van der Waals surface area contributed by atoms with Crippen molar-refractivity contribution >= 4 is 11.6 Å². The van der Waals surface area contributed by atoms with Crippen molar-refractivity contribution in [1.82, 2.24) is 0 Å². The number of fused-ring (bicyclic) bond motifs is 1. The van der Waals surface area contributed by atoms with Crippen molar-refractivity contribution in [2.24, 2.45) is 0 Å². The molecular weight excluding hydrogens is 309 g/mol. The second kappa shape index (κ2) is 6.75. The zero-order chi connectivity index (χ0) is 15.5. The number of aliphatic hydroxyl groups is 1. The minimum absolute atomic E-state index is 0.00941. The van der Waals surface area contributed by atoms with Crippen LogP contribution in [0.2, 0.25) is 5.02 Å². The zero-order valence-corrected chi connectivity index (χ0v) is 12.0. The number of aliphatic hydroxyl groups excluding tert-OH is 1. The molecule has 2 rings (SSSR count). The van der Waals surface area contributed by atoms with Crippen LogP contribution in [0.5, 0.6) is 11.5 Å². The molecule has 1 aromatic rings. The quantitative estimate of drug-likeness (QED) is 0.899. The lowest BCUT2D eigenvalue weighted by Gasteiger charge is -2.16. The van der Waals surface area contributed by atoms with E-state index in [-0.39, 0.29) is 12.8 Å². The van der Waals surface area contributed by atoms with E-state index in [9.17, 15) is 18.3 Å². The Hall–Kier alpha value is -1.14. The van der Waals surface area contributed by atoms with Crippen molar-refractivity contribution in [1.29, 1.82) is 0 Å². The lowest BCUT2D eigenvalue weighted by molar-refractivity contribution is -0.136. The summed E-state index contributed by atoms with van der Waals surface area (Å²) in [6, 6.07) is 3.08. The van der Waals surface area contributed by atoms with Crippen LogP contribution in [0.25, 0.3) is 0 Å². The maximum atomic E-state index is 12.1. The summed E-state index contributed by atoms with van der Waals surface area (Å²) in [5.74, 6) is 0.838. The van der Waals surface area contributed by atoms with E-state index in [1.807, 2.05) is 0 Å². The molecule has 1 unspecified atom stereocenters. The largest absolute Gasteiger partial charge is 0.489 e. The van der Waals surface area contributed by atoms with Crippen LogP contribution >= 0.6 is 11.6 Å². The van der Waals surface area contributed by atoms with Crippen molar-refractivity contribution in [3.05, 3.63) is 22.7 Å². The Morgan fingerprint density at radius 2 is 1.95 bits per heavy atom. The summed E-state index contributed by atoms with van der Waals surface area (Å²) in [5.41, 5.74) is 0.437. The molecule has 0 aliphatic carbocycles. The maximum absolute atomic E-state index is 12.1. The SMILES string of the molecule is OC(CCCC(F)(F)F)c1cc(Cl)c2c(c1)OCCCO2. The predicted molar refractivity (Wildman–Crippen MR) is 71.9 cm³/mol. The van der Waals surface area contributed by atoms with E-state index in [1.165, 1.54) is 6.07 Å². The summed E-state index contributed by atoms with van der Waals surface area (Å²) in [6.45, 7) is 0.956. The lowest BCUT2D eigenvalue weighted by atomic mass is 10.0. The number of alkyl halides is 3. The summed E-state index contributed by atoms with van der Waals surface area (Å²) < 4.78 is 47.2. The third-order valence-corrected chi connectivity index (χ3v) is 3.43. The van der Waals surface area contributed by atoms with Gasteiger partial charge in [-0.15, -0.1) is 0 Å². The zero-order valence-electron chi connectivity index (χ0n) is 11.3. The van der Waals surface area contributed by atoms with Crippen LogP contribution in [0.15, 0.2) is 12.1 Å². The minimum atomic E-state index is -4.21. The highest BCUT2D eigenvalue weighted by molar-refractivity contribution is 6.32. The molecule has 0 radical (unpaired) electrons.